The maximum absolute atomic E-state index is 12.0. The average molecular weight is 298 g/mol. The molecule has 0 saturated carbocycles. The first-order chi connectivity index (χ1) is 9.12. The Kier molecular flexibility index (Phi) is 4.46. The van der Waals surface area contributed by atoms with Crippen molar-refractivity contribution in [3.63, 3.8) is 0 Å². The normalized spacial score (nSPS) is 11.4. The van der Waals surface area contributed by atoms with Gasteiger partial charge in [-0.05, 0) is 18.4 Å². The van der Waals surface area contributed by atoms with Crippen molar-refractivity contribution in [1.29, 1.82) is 0 Å². The molecule has 0 radical (unpaired) electrons. The molecule has 0 aliphatic carbocycles. The van der Waals surface area contributed by atoms with E-state index in [0.717, 1.165) is 4.88 Å². The zero-order chi connectivity index (χ0) is 13.7. The molecule has 6 nitrogen and oxygen atoms in total. The van der Waals surface area contributed by atoms with Crippen molar-refractivity contribution in [1.82, 2.24) is 14.7 Å². The Morgan fingerprint density at radius 1 is 1.32 bits per heavy atom. The molecule has 2 rings (SSSR count). The minimum Gasteiger partial charge on any atom is -0.355 e. The molecule has 2 heterocycles. The van der Waals surface area contributed by atoms with Crippen molar-refractivity contribution >= 4 is 27.3 Å². The lowest BCUT2D eigenvalue weighted by Crippen LogP contribution is -2.23. The molecule has 0 aliphatic rings. The van der Waals surface area contributed by atoms with Crippen LogP contribution in [0.15, 0.2) is 34.8 Å². The number of rotatable bonds is 6. The van der Waals surface area contributed by atoms with Crippen LogP contribution in [0.1, 0.15) is 11.8 Å². The molecule has 0 bridgehead atoms. The van der Waals surface area contributed by atoms with Crippen molar-refractivity contribution in [2.45, 2.75) is 18.4 Å². The molecule has 0 unspecified atom stereocenters. The fourth-order valence-electron chi connectivity index (χ4n) is 1.37. The zero-order valence-corrected chi connectivity index (χ0v) is 12.0. The Bertz CT molecular complexity index is 609. The van der Waals surface area contributed by atoms with E-state index in [1.54, 1.807) is 0 Å². The molecular formula is C11H14N4O2S2. The summed E-state index contributed by atoms with van der Waals surface area (Å²) in [6.45, 7) is 2.87. The van der Waals surface area contributed by atoms with E-state index in [9.17, 15) is 8.42 Å². The minimum absolute atomic E-state index is 0.0608. The lowest BCUT2D eigenvalue weighted by molar-refractivity contribution is 0.581. The molecular weight excluding hydrogens is 284 g/mol. The van der Waals surface area contributed by atoms with Gasteiger partial charge in [-0.2, -0.15) is 0 Å². The van der Waals surface area contributed by atoms with E-state index in [1.807, 2.05) is 24.4 Å². The van der Waals surface area contributed by atoms with Crippen LogP contribution in [0.2, 0.25) is 0 Å². The first-order valence-corrected chi connectivity index (χ1v) is 8.06. The Balaban J connectivity index is 2.06. The maximum atomic E-state index is 12.0. The number of hydrogen-bond acceptors (Lipinski definition) is 6. The molecule has 0 spiro atoms. The quantitative estimate of drug-likeness (QED) is 0.843. The zero-order valence-electron chi connectivity index (χ0n) is 10.3. The van der Waals surface area contributed by atoms with Crippen molar-refractivity contribution in [2.24, 2.45) is 0 Å². The Morgan fingerprint density at radius 2 is 2.05 bits per heavy atom. The summed E-state index contributed by atoms with van der Waals surface area (Å²) in [7, 11) is -3.56. The lowest BCUT2D eigenvalue weighted by atomic mass is 10.5. The maximum Gasteiger partial charge on any atom is 0.243 e. The Hall–Kier alpha value is -1.51. The second kappa shape index (κ2) is 6.09. The van der Waals surface area contributed by atoms with E-state index in [2.05, 4.69) is 20.0 Å². The van der Waals surface area contributed by atoms with Crippen molar-refractivity contribution in [2.75, 3.05) is 11.9 Å². The Morgan fingerprint density at radius 3 is 2.63 bits per heavy atom. The monoisotopic (exact) mass is 298 g/mol. The van der Waals surface area contributed by atoms with Gasteiger partial charge in [0, 0.05) is 18.0 Å². The number of thiophene rings is 1. The molecule has 2 N–H and O–H groups in total. The number of anilines is 1. The van der Waals surface area contributed by atoms with Gasteiger partial charge in [-0.1, -0.05) is 6.07 Å². The van der Waals surface area contributed by atoms with Gasteiger partial charge in [-0.25, -0.2) is 23.1 Å². The molecule has 19 heavy (non-hydrogen) atoms. The molecule has 0 aliphatic heterocycles. The second-order valence-corrected chi connectivity index (χ2v) is 6.48. The third-order valence-corrected chi connectivity index (χ3v) is 4.52. The predicted octanol–water partition coefficient (Wildman–Crippen LogP) is 1.45. The van der Waals surface area contributed by atoms with Gasteiger partial charge in [0.25, 0.3) is 0 Å². The molecule has 2 aromatic rings. The van der Waals surface area contributed by atoms with Gasteiger partial charge in [0.15, 0.2) is 0 Å². The molecule has 2 aromatic heterocycles. The van der Waals surface area contributed by atoms with Crippen molar-refractivity contribution < 1.29 is 8.42 Å². The van der Waals surface area contributed by atoms with Crippen LogP contribution in [0, 0.1) is 0 Å². The van der Waals surface area contributed by atoms with Crippen LogP contribution in [0.5, 0.6) is 0 Å². The van der Waals surface area contributed by atoms with Gasteiger partial charge < -0.3 is 5.32 Å². The van der Waals surface area contributed by atoms with Gasteiger partial charge in [0.2, 0.25) is 16.0 Å². The molecule has 0 atom stereocenters. The van der Waals surface area contributed by atoms with E-state index >= 15 is 0 Å². The van der Waals surface area contributed by atoms with E-state index < -0.39 is 10.0 Å². The highest BCUT2D eigenvalue weighted by molar-refractivity contribution is 7.89. The van der Waals surface area contributed by atoms with Crippen LogP contribution in [-0.4, -0.2) is 24.9 Å². The van der Waals surface area contributed by atoms with Crippen LogP contribution in [0.3, 0.4) is 0 Å². The third-order valence-electron chi connectivity index (χ3n) is 2.29. The van der Waals surface area contributed by atoms with Crippen LogP contribution in [0.4, 0.5) is 5.95 Å². The summed E-state index contributed by atoms with van der Waals surface area (Å²) in [5, 5.41) is 4.81. The number of hydrogen-bond donors (Lipinski definition) is 2. The van der Waals surface area contributed by atoms with Crippen LogP contribution < -0.4 is 10.0 Å². The molecule has 0 saturated heterocycles. The summed E-state index contributed by atoms with van der Waals surface area (Å²) in [4.78, 5) is 8.90. The molecule has 0 fully saturated rings. The number of nitrogens with zero attached hydrogens (tertiary/aromatic N) is 2. The van der Waals surface area contributed by atoms with E-state index in [4.69, 9.17) is 0 Å². The smallest absolute Gasteiger partial charge is 0.243 e. The number of nitrogens with one attached hydrogen (secondary N) is 2. The van der Waals surface area contributed by atoms with Gasteiger partial charge in [-0.15, -0.1) is 11.3 Å². The fraction of sp³-hybridized carbons (Fsp3) is 0.273. The summed E-state index contributed by atoms with van der Waals surface area (Å²) < 4.78 is 26.5. The Labute approximate surface area is 116 Å². The van der Waals surface area contributed by atoms with Gasteiger partial charge >= 0.3 is 0 Å². The largest absolute Gasteiger partial charge is 0.355 e. The highest BCUT2D eigenvalue weighted by Crippen LogP contribution is 2.11. The van der Waals surface area contributed by atoms with E-state index in [0.29, 0.717) is 12.5 Å². The molecule has 8 heteroatoms. The summed E-state index contributed by atoms with van der Waals surface area (Å²) in [6.07, 6.45) is 2.59. The summed E-state index contributed by atoms with van der Waals surface area (Å²) in [6, 6.07) is 3.75. The molecule has 0 aromatic carbocycles. The highest BCUT2D eigenvalue weighted by atomic mass is 32.2. The van der Waals surface area contributed by atoms with Crippen LogP contribution in [0.25, 0.3) is 0 Å². The van der Waals surface area contributed by atoms with Crippen LogP contribution >= 0.6 is 11.3 Å². The standard InChI is InChI=1S/C11H14N4O2S2/c1-2-12-11-13-7-10(8-14-11)19(16,17)15-6-9-4-3-5-18-9/h3-5,7-8,15H,2,6H2,1H3,(H,12,13,14). The van der Waals surface area contributed by atoms with Crippen LogP contribution in [-0.2, 0) is 16.6 Å². The predicted molar refractivity (Wildman–Crippen MR) is 74.5 cm³/mol. The number of sulfonamides is 1. The van der Waals surface area contributed by atoms with Crippen molar-refractivity contribution in [3.05, 3.63) is 34.8 Å². The molecule has 102 valence electrons. The number of aromatic nitrogens is 2. The van der Waals surface area contributed by atoms with Gasteiger partial charge in [0.1, 0.15) is 4.90 Å². The first kappa shape index (κ1) is 13.9. The summed E-state index contributed by atoms with van der Waals surface area (Å²) in [5.74, 6) is 0.416. The van der Waals surface area contributed by atoms with Gasteiger partial charge in [-0.3, -0.25) is 0 Å². The minimum atomic E-state index is -3.56. The first-order valence-electron chi connectivity index (χ1n) is 5.70. The van der Waals surface area contributed by atoms with Gasteiger partial charge in [0.05, 0.1) is 12.4 Å². The van der Waals surface area contributed by atoms with E-state index in [-0.39, 0.29) is 11.4 Å². The topological polar surface area (TPSA) is 84.0 Å². The third kappa shape index (κ3) is 3.72. The fourth-order valence-corrected chi connectivity index (χ4v) is 3.00. The second-order valence-electron chi connectivity index (χ2n) is 3.68. The summed E-state index contributed by atoms with van der Waals surface area (Å²) >= 11 is 1.50. The highest BCUT2D eigenvalue weighted by Gasteiger charge is 2.15. The lowest BCUT2D eigenvalue weighted by Gasteiger charge is -2.06. The molecule has 0 amide bonds. The SMILES string of the molecule is CCNc1ncc(S(=O)(=O)NCc2cccs2)cn1. The average Bonchev–Trinajstić information content (AvgIpc) is 2.91. The van der Waals surface area contributed by atoms with E-state index in [1.165, 1.54) is 23.7 Å². The van der Waals surface area contributed by atoms with Crippen molar-refractivity contribution in [3.8, 4) is 0 Å². The summed E-state index contributed by atoms with van der Waals surface area (Å²) in [5.41, 5.74) is 0.